The van der Waals surface area contributed by atoms with Gasteiger partial charge in [0.1, 0.15) is 27.8 Å². The Bertz CT molecular complexity index is 6930. The van der Waals surface area contributed by atoms with Gasteiger partial charge in [0, 0.05) is 70.7 Å². The first-order valence-electron chi connectivity index (χ1n) is 34.3. The fraction of sp³-hybridized carbons (Fsp3) is 0. The summed E-state index contributed by atoms with van der Waals surface area (Å²) in [5.41, 5.74) is 31.7. The zero-order valence-corrected chi connectivity index (χ0v) is 54.2. The smallest absolute Gasteiger partial charge is 0.227 e. The summed E-state index contributed by atoms with van der Waals surface area (Å²) < 4.78 is 20.0. The summed E-state index contributed by atoms with van der Waals surface area (Å²) in [5.74, 6) is 1.26. The molecule has 0 aliphatic heterocycles. The highest BCUT2D eigenvalue weighted by Crippen LogP contribution is 2.55. The molecular weight excluding hydrogens is 1230 g/mol. The first kappa shape index (κ1) is 55.6. The van der Waals surface area contributed by atoms with Crippen LogP contribution in [0.25, 0.3) is 233 Å². The molecule has 22 rings (SSSR count). The van der Waals surface area contributed by atoms with E-state index in [1.165, 1.54) is 55.3 Å². The van der Waals surface area contributed by atoms with Crippen molar-refractivity contribution in [2.45, 2.75) is 0 Å². The molecule has 2 aliphatic rings. The highest BCUT2D eigenvalue weighted by atomic mass is 16.3. The Labute approximate surface area is 579 Å². The van der Waals surface area contributed by atoms with Crippen molar-refractivity contribution in [3.05, 3.63) is 322 Å². The van der Waals surface area contributed by atoms with Crippen LogP contribution in [0, 0.1) is 0 Å². The summed E-state index contributed by atoms with van der Waals surface area (Å²) in [6.45, 7) is 0. The second-order valence-electron chi connectivity index (χ2n) is 26.9. The maximum absolute atomic E-state index is 6.86. The molecule has 6 nitrogen and oxygen atoms in total. The molecule has 0 spiro atoms. The molecule has 0 bridgehead atoms. The third kappa shape index (κ3) is 8.68. The van der Waals surface area contributed by atoms with Crippen LogP contribution in [0.1, 0.15) is 0 Å². The van der Waals surface area contributed by atoms with Gasteiger partial charge in [-0.15, -0.1) is 0 Å². The Morgan fingerprint density at radius 3 is 1.49 bits per heavy atom. The van der Waals surface area contributed by atoms with Crippen LogP contribution in [0.2, 0.25) is 0 Å². The van der Waals surface area contributed by atoms with E-state index in [2.05, 4.69) is 309 Å². The Balaban J connectivity index is 0.613. The number of furan rings is 2. The molecule has 0 saturated carbocycles. The van der Waals surface area contributed by atoms with Crippen LogP contribution in [-0.4, -0.2) is 15.0 Å². The van der Waals surface area contributed by atoms with Gasteiger partial charge < -0.3 is 13.3 Å². The molecule has 4 heterocycles. The third-order valence-corrected chi connectivity index (χ3v) is 21.2. The minimum absolute atomic E-state index is 0.611. The molecule has 0 atom stereocenters. The van der Waals surface area contributed by atoms with E-state index in [9.17, 15) is 0 Å². The molecule has 101 heavy (non-hydrogen) atoms. The lowest BCUT2D eigenvalue weighted by Crippen LogP contribution is -1.96. The zero-order chi connectivity index (χ0) is 66.0. The predicted octanol–water partition coefficient (Wildman–Crippen LogP) is 26.2. The second-order valence-corrected chi connectivity index (χ2v) is 26.9. The number of oxazole rings is 1. The molecular formula is C95H53N3O3. The average Bonchev–Trinajstić information content (AvgIpc) is 1.56. The number of para-hydroxylation sites is 1. The number of hydrogen-bond donors (Lipinski definition) is 0. The molecule has 0 radical (unpaired) electrons. The van der Waals surface area contributed by atoms with Crippen LogP contribution < -0.4 is 0 Å². The van der Waals surface area contributed by atoms with Crippen molar-refractivity contribution in [1.29, 1.82) is 0 Å². The van der Waals surface area contributed by atoms with Gasteiger partial charge in [-0.1, -0.05) is 231 Å². The molecule has 4 aromatic heterocycles. The van der Waals surface area contributed by atoms with E-state index in [4.69, 9.17) is 28.2 Å². The van der Waals surface area contributed by atoms with Gasteiger partial charge in [0.2, 0.25) is 5.89 Å². The first-order valence-corrected chi connectivity index (χ1v) is 34.3. The number of benzene rings is 16. The SMILES string of the molecule is c1ccc(-c2cccc(-c3nc(-c4ccc(-c5ccc6c(c5)oc5c7cccc8c7c(cc65)-c5ccccc5-8)cc4)cc(-c4cccc(-c5cccc(-c6cc7c8c(cc9c%10ccccc%10oc9c8c6)-c6cc(-c8ccc(-c9nc%10c(ccc%11ccccc%11%10)o9)cc8)ccc6-7)c5)c4)n3)c2)cc1. The van der Waals surface area contributed by atoms with Crippen molar-refractivity contribution in [2.75, 3.05) is 0 Å². The Morgan fingerprint density at radius 2 is 0.683 bits per heavy atom. The van der Waals surface area contributed by atoms with Crippen molar-refractivity contribution in [3.8, 4) is 145 Å². The molecule has 0 unspecified atom stereocenters. The van der Waals surface area contributed by atoms with E-state index in [-0.39, 0.29) is 0 Å². The van der Waals surface area contributed by atoms with Gasteiger partial charge in [0.05, 0.1) is 11.4 Å². The maximum Gasteiger partial charge on any atom is 0.227 e. The molecule has 466 valence electrons. The van der Waals surface area contributed by atoms with Crippen LogP contribution in [-0.2, 0) is 0 Å². The van der Waals surface area contributed by atoms with Gasteiger partial charge in [0.15, 0.2) is 11.4 Å². The molecule has 6 heteroatoms. The standard InChI is InChI=1S/C95H53N3O3/c1-2-14-54(15-3-1)60-17-12-22-67(46-60)94-96-84(58-34-30-56(31-35-58)65-39-42-74-82-51-79-71-25-7-6-24-70(71)75-27-13-28-76(89(75)79)92(82)100-88(74)50-65)53-85(97-94)66-21-11-19-62(45-66)61-18-10-20-63(44-61)68-48-78-72-41-38-64(47-77(72)80-52-81-73-26-8-9-29-86(73)99-93(81)83(49-68)90(78)80)55-32-36-59(37-33-55)95-98-91-69-23-5-4-16-57(69)40-43-87(91)101-95/h1-53H. The lowest BCUT2D eigenvalue weighted by atomic mass is 9.93. The third-order valence-electron chi connectivity index (χ3n) is 21.2. The van der Waals surface area contributed by atoms with E-state index in [1.807, 2.05) is 12.1 Å². The van der Waals surface area contributed by atoms with Crippen LogP contribution in [0.5, 0.6) is 0 Å². The van der Waals surface area contributed by atoms with Crippen LogP contribution >= 0.6 is 0 Å². The van der Waals surface area contributed by atoms with Crippen molar-refractivity contribution < 1.29 is 13.3 Å². The molecule has 16 aromatic carbocycles. The van der Waals surface area contributed by atoms with E-state index >= 15 is 0 Å². The van der Waals surface area contributed by atoms with E-state index in [0.29, 0.717) is 11.7 Å². The maximum atomic E-state index is 6.86. The van der Waals surface area contributed by atoms with Crippen molar-refractivity contribution in [1.82, 2.24) is 15.0 Å². The minimum Gasteiger partial charge on any atom is -0.455 e. The summed E-state index contributed by atoms with van der Waals surface area (Å²) in [4.78, 5) is 15.8. The quantitative estimate of drug-likeness (QED) is 0.143. The van der Waals surface area contributed by atoms with E-state index in [1.54, 1.807) is 0 Å². The second kappa shape index (κ2) is 21.5. The summed E-state index contributed by atoms with van der Waals surface area (Å²) in [5, 5.41) is 11.4. The Kier molecular flexibility index (Phi) is 11.8. The molecule has 20 aromatic rings. The topological polar surface area (TPSA) is 78.1 Å². The highest BCUT2D eigenvalue weighted by Gasteiger charge is 2.29. The molecule has 2 aliphatic carbocycles. The molecule has 0 fully saturated rings. The Morgan fingerprint density at radius 1 is 0.198 bits per heavy atom. The van der Waals surface area contributed by atoms with Crippen LogP contribution in [0.3, 0.4) is 0 Å². The van der Waals surface area contributed by atoms with Crippen molar-refractivity contribution in [2.24, 2.45) is 0 Å². The average molecular weight is 1280 g/mol. The first-order chi connectivity index (χ1) is 50.0. The summed E-state index contributed by atoms with van der Waals surface area (Å²) in [7, 11) is 0. The largest absolute Gasteiger partial charge is 0.455 e. The summed E-state index contributed by atoms with van der Waals surface area (Å²) >= 11 is 0. The van der Waals surface area contributed by atoms with Crippen LogP contribution in [0.15, 0.2) is 335 Å². The van der Waals surface area contributed by atoms with Crippen LogP contribution in [0.4, 0.5) is 0 Å². The van der Waals surface area contributed by atoms with E-state index in [0.717, 1.165) is 166 Å². The lowest BCUT2D eigenvalue weighted by molar-refractivity contribution is 0.620. The zero-order valence-electron chi connectivity index (χ0n) is 54.2. The number of hydrogen-bond acceptors (Lipinski definition) is 6. The fourth-order valence-corrected chi connectivity index (χ4v) is 16.3. The van der Waals surface area contributed by atoms with Gasteiger partial charge in [-0.25, -0.2) is 15.0 Å². The fourth-order valence-electron chi connectivity index (χ4n) is 16.3. The normalized spacial score (nSPS) is 12.2. The van der Waals surface area contributed by atoms with Gasteiger partial charge in [-0.05, 0) is 197 Å². The monoisotopic (exact) mass is 1280 g/mol. The predicted molar refractivity (Wildman–Crippen MR) is 414 cm³/mol. The number of nitrogens with zero attached hydrogens (tertiary/aromatic N) is 3. The van der Waals surface area contributed by atoms with Crippen molar-refractivity contribution >= 4 is 87.3 Å². The minimum atomic E-state index is 0.611. The van der Waals surface area contributed by atoms with E-state index < -0.39 is 0 Å². The van der Waals surface area contributed by atoms with Crippen molar-refractivity contribution in [3.63, 3.8) is 0 Å². The summed E-state index contributed by atoms with van der Waals surface area (Å²) in [6.07, 6.45) is 0. The Hall–Kier alpha value is -13.6. The lowest BCUT2D eigenvalue weighted by Gasteiger charge is -2.13. The molecule has 0 amide bonds. The van der Waals surface area contributed by atoms with Gasteiger partial charge in [0.25, 0.3) is 0 Å². The molecule has 0 saturated heterocycles. The number of rotatable bonds is 9. The van der Waals surface area contributed by atoms with Gasteiger partial charge in [-0.3, -0.25) is 0 Å². The van der Waals surface area contributed by atoms with Gasteiger partial charge >= 0.3 is 0 Å². The number of fused-ring (bicyclic) bond motifs is 17. The molecule has 0 N–H and O–H groups in total. The van der Waals surface area contributed by atoms with Gasteiger partial charge in [-0.2, -0.15) is 0 Å². The highest BCUT2D eigenvalue weighted by molar-refractivity contribution is 6.28. The summed E-state index contributed by atoms with van der Waals surface area (Å²) in [6, 6.07) is 115. The number of aromatic nitrogens is 3.